The van der Waals surface area contributed by atoms with E-state index in [0.29, 0.717) is 60.1 Å². The van der Waals surface area contributed by atoms with E-state index in [9.17, 15) is 14.4 Å². The van der Waals surface area contributed by atoms with Crippen molar-refractivity contribution in [2.45, 2.75) is 31.6 Å². The summed E-state index contributed by atoms with van der Waals surface area (Å²) >= 11 is 13.4. The van der Waals surface area contributed by atoms with Crippen molar-refractivity contribution in [3.63, 3.8) is 0 Å². The Morgan fingerprint density at radius 2 is 2.06 bits per heavy atom. The first-order valence-electron chi connectivity index (χ1n) is 11.0. The monoisotopic (exact) mass is 525 g/mol. The van der Waals surface area contributed by atoms with Gasteiger partial charge in [0.05, 0.1) is 12.8 Å². The molecule has 2 aliphatic heterocycles. The van der Waals surface area contributed by atoms with E-state index in [1.54, 1.807) is 22.8 Å². The SMILES string of the molecule is CCOC(=O)CCCNC(=O)N1CCC2(C1)CN(C(=O)Nc1ncc(Cl)s1)c1ccc(Cl)cc12. The van der Waals surface area contributed by atoms with Gasteiger partial charge in [-0.1, -0.05) is 34.5 Å². The highest BCUT2D eigenvalue weighted by Gasteiger charge is 2.50. The fraction of sp³-hybridized carbons (Fsp3) is 0.455. The van der Waals surface area contributed by atoms with Gasteiger partial charge in [0.15, 0.2) is 5.13 Å². The van der Waals surface area contributed by atoms with Crippen LogP contribution in [0.3, 0.4) is 0 Å². The molecule has 1 aromatic carbocycles. The van der Waals surface area contributed by atoms with Crippen LogP contribution in [0.4, 0.5) is 20.4 Å². The molecule has 1 unspecified atom stereocenters. The molecule has 1 fully saturated rings. The number of likely N-dealkylation sites (tertiary alicyclic amines) is 1. The molecule has 34 heavy (non-hydrogen) atoms. The molecule has 9 nitrogen and oxygen atoms in total. The molecule has 2 N–H and O–H groups in total. The van der Waals surface area contributed by atoms with E-state index in [-0.39, 0.29) is 24.5 Å². The molecule has 1 saturated heterocycles. The molecule has 1 atom stereocenters. The lowest BCUT2D eigenvalue weighted by molar-refractivity contribution is -0.143. The van der Waals surface area contributed by atoms with Gasteiger partial charge >= 0.3 is 18.0 Å². The third-order valence-corrected chi connectivity index (χ3v) is 7.26. The number of fused-ring (bicyclic) bond motifs is 2. The number of hydrogen-bond acceptors (Lipinski definition) is 6. The highest BCUT2D eigenvalue weighted by Crippen LogP contribution is 2.47. The van der Waals surface area contributed by atoms with Crippen LogP contribution in [0.5, 0.6) is 0 Å². The van der Waals surface area contributed by atoms with Crippen molar-refractivity contribution in [3.05, 3.63) is 39.3 Å². The molecular formula is C22H25Cl2N5O4S. The molecule has 4 amide bonds. The van der Waals surface area contributed by atoms with Gasteiger partial charge in [0, 0.05) is 48.7 Å². The van der Waals surface area contributed by atoms with Crippen LogP contribution < -0.4 is 15.5 Å². The van der Waals surface area contributed by atoms with Crippen molar-refractivity contribution < 1.29 is 19.1 Å². The third kappa shape index (κ3) is 5.24. The van der Waals surface area contributed by atoms with Crippen molar-refractivity contribution in [1.82, 2.24) is 15.2 Å². The number of rotatable bonds is 6. The van der Waals surface area contributed by atoms with Gasteiger partial charge in [0.25, 0.3) is 0 Å². The van der Waals surface area contributed by atoms with Crippen LogP contribution in [-0.2, 0) is 14.9 Å². The molecule has 0 bridgehead atoms. The van der Waals surface area contributed by atoms with Crippen molar-refractivity contribution in [2.24, 2.45) is 0 Å². The third-order valence-electron chi connectivity index (χ3n) is 6.00. The Hall–Kier alpha value is -2.56. The summed E-state index contributed by atoms with van der Waals surface area (Å²) in [5, 5.41) is 6.67. The number of aromatic nitrogens is 1. The minimum absolute atomic E-state index is 0.190. The zero-order chi connectivity index (χ0) is 24.3. The Bertz CT molecular complexity index is 1100. The second-order valence-electron chi connectivity index (χ2n) is 8.24. The van der Waals surface area contributed by atoms with E-state index in [1.807, 2.05) is 12.1 Å². The molecule has 2 aromatic rings. The topological polar surface area (TPSA) is 104 Å². The number of carbonyl (C=O) groups excluding carboxylic acids is 3. The molecule has 2 aliphatic rings. The van der Waals surface area contributed by atoms with Crippen molar-refractivity contribution >= 4 is 63.4 Å². The summed E-state index contributed by atoms with van der Waals surface area (Å²) in [5.41, 5.74) is 1.30. The second kappa shape index (κ2) is 10.4. The van der Waals surface area contributed by atoms with Crippen molar-refractivity contribution in [2.75, 3.05) is 43.0 Å². The number of urea groups is 2. The first kappa shape index (κ1) is 24.6. The molecule has 0 aliphatic carbocycles. The van der Waals surface area contributed by atoms with Gasteiger partial charge in [-0.05, 0) is 43.5 Å². The number of halogens is 2. The standard InChI is InChI=1S/C22H25Cl2N5O4S/c1-2-33-18(30)4-3-8-25-20(31)28-9-7-22(12-28)13-29(16-6-5-14(23)10-15(16)22)21(32)27-19-26-11-17(24)34-19/h5-6,10-11H,2-4,7-9,12-13H2,1H3,(H,25,31)(H,26,27,32). The van der Waals surface area contributed by atoms with Gasteiger partial charge in [0.2, 0.25) is 0 Å². The number of amides is 4. The number of carbonyl (C=O) groups is 3. The summed E-state index contributed by atoms with van der Waals surface area (Å²) in [5.74, 6) is -0.269. The minimum atomic E-state index is -0.416. The maximum absolute atomic E-state index is 13.1. The summed E-state index contributed by atoms with van der Waals surface area (Å²) in [6.45, 7) is 3.91. The minimum Gasteiger partial charge on any atom is -0.466 e. The Morgan fingerprint density at radius 3 is 2.79 bits per heavy atom. The zero-order valence-corrected chi connectivity index (χ0v) is 20.9. The number of nitrogens with one attached hydrogen (secondary N) is 2. The predicted octanol–water partition coefficient (Wildman–Crippen LogP) is 4.50. The number of ether oxygens (including phenoxy) is 1. The summed E-state index contributed by atoms with van der Waals surface area (Å²) in [4.78, 5) is 44.8. The number of esters is 1. The first-order valence-corrected chi connectivity index (χ1v) is 12.6. The van der Waals surface area contributed by atoms with Gasteiger partial charge in [-0.3, -0.25) is 15.0 Å². The number of anilines is 2. The maximum atomic E-state index is 13.1. The number of hydrogen-bond donors (Lipinski definition) is 2. The molecule has 182 valence electrons. The van der Waals surface area contributed by atoms with E-state index >= 15 is 0 Å². The zero-order valence-electron chi connectivity index (χ0n) is 18.6. The second-order valence-corrected chi connectivity index (χ2v) is 10.3. The average Bonchev–Trinajstić information content (AvgIpc) is 3.50. The van der Waals surface area contributed by atoms with Crippen LogP contribution in [0.1, 0.15) is 31.7 Å². The molecule has 4 rings (SSSR count). The molecule has 1 spiro atoms. The Balaban J connectivity index is 1.42. The normalized spacial score (nSPS) is 18.8. The van der Waals surface area contributed by atoms with Gasteiger partial charge in [-0.25, -0.2) is 14.6 Å². The summed E-state index contributed by atoms with van der Waals surface area (Å²) in [7, 11) is 0. The fourth-order valence-corrected chi connectivity index (χ4v) is 5.44. The quantitative estimate of drug-likeness (QED) is 0.426. The lowest BCUT2D eigenvalue weighted by Crippen LogP contribution is -2.44. The lowest BCUT2D eigenvalue weighted by Gasteiger charge is -2.26. The Kier molecular flexibility index (Phi) is 7.49. The van der Waals surface area contributed by atoms with Gasteiger partial charge in [-0.15, -0.1) is 0 Å². The van der Waals surface area contributed by atoms with Gasteiger partial charge in [0.1, 0.15) is 4.34 Å². The summed E-state index contributed by atoms with van der Waals surface area (Å²) in [6.07, 6.45) is 2.96. The van der Waals surface area contributed by atoms with Crippen LogP contribution in [0, 0.1) is 0 Å². The predicted molar refractivity (Wildman–Crippen MR) is 132 cm³/mol. The van der Waals surface area contributed by atoms with Crippen LogP contribution >= 0.6 is 34.5 Å². The molecule has 0 saturated carbocycles. The Morgan fingerprint density at radius 1 is 1.24 bits per heavy atom. The van der Waals surface area contributed by atoms with Crippen LogP contribution in [0.15, 0.2) is 24.4 Å². The van der Waals surface area contributed by atoms with E-state index in [1.165, 1.54) is 17.5 Å². The van der Waals surface area contributed by atoms with Crippen LogP contribution in [-0.4, -0.2) is 60.7 Å². The highest BCUT2D eigenvalue weighted by atomic mass is 35.5. The fourth-order valence-electron chi connectivity index (χ4n) is 4.46. The number of nitrogens with zero attached hydrogens (tertiary/aromatic N) is 3. The van der Waals surface area contributed by atoms with E-state index < -0.39 is 5.41 Å². The summed E-state index contributed by atoms with van der Waals surface area (Å²) in [6, 6.07) is 4.96. The van der Waals surface area contributed by atoms with Gasteiger partial charge in [-0.2, -0.15) is 0 Å². The Labute approximate surface area is 211 Å². The molecule has 12 heteroatoms. The van der Waals surface area contributed by atoms with Crippen molar-refractivity contribution in [1.29, 1.82) is 0 Å². The largest absolute Gasteiger partial charge is 0.466 e. The summed E-state index contributed by atoms with van der Waals surface area (Å²) < 4.78 is 5.39. The van der Waals surface area contributed by atoms with Crippen LogP contribution in [0.25, 0.3) is 0 Å². The molecule has 3 heterocycles. The van der Waals surface area contributed by atoms with Gasteiger partial charge < -0.3 is 15.0 Å². The first-order chi connectivity index (χ1) is 16.3. The molecular weight excluding hydrogens is 501 g/mol. The highest BCUT2D eigenvalue weighted by molar-refractivity contribution is 7.19. The smallest absolute Gasteiger partial charge is 0.328 e. The van der Waals surface area contributed by atoms with E-state index in [2.05, 4.69) is 15.6 Å². The molecule has 0 radical (unpaired) electrons. The van der Waals surface area contributed by atoms with E-state index in [0.717, 1.165) is 11.3 Å². The lowest BCUT2D eigenvalue weighted by atomic mass is 9.81. The number of benzene rings is 1. The van der Waals surface area contributed by atoms with Crippen molar-refractivity contribution in [3.8, 4) is 0 Å². The van der Waals surface area contributed by atoms with E-state index in [4.69, 9.17) is 27.9 Å². The average molecular weight is 526 g/mol. The maximum Gasteiger partial charge on any atom is 0.328 e. The van der Waals surface area contributed by atoms with Crippen LogP contribution in [0.2, 0.25) is 9.36 Å². The number of thiazole rings is 1. The molecule has 1 aromatic heterocycles.